The molecule has 0 radical (unpaired) electrons. The van der Waals surface area contributed by atoms with Crippen molar-refractivity contribution in [3.63, 3.8) is 0 Å². The summed E-state index contributed by atoms with van der Waals surface area (Å²) >= 11 is 0. The fraction of sp³-hybridized carbons (Fsp3) is 0.0714. The molecule has 0 spiro atoms. The van der Waals surface area contributed by atoms with Crippen LogP contribution in [0.15, 0.2) is 54.6 Å². The smallest absolute Gasteiger partial charge is 0.275 e. The van der Waals surface area contributed by atoms with E-state index in [4.69, 9.17) is 0 Å². The molecule has 2 aromatic carbocycles. The van der Waals surface area contributed by atoms with Gasteiger partial charge in [-0.3, -0.25) is 9.69 Å². The molecule has 1 aliphatic rings. The maximum absolute atomic E-state index is 13.9. The van der Waals surface area contributed by atoms with Gasteiger partial charge in [0, 0.05) is 5.69 Å². The lowest BCUT2D eigenvalue weighted by molar-refractivity contribution is -0.140. The Hall–Kier alpha value is -2.23. The number of fused-ring (bicyclic) bond motifs is 1. The van der Waals surface area contributed by atoms with Crippen molar-refractivity contribution < 1.29 is 13.6 Å². The third-order valence-electron chi connectivity index (χ3n) is 2.97. The van der Waals surface area contributed by atoms with Crippen molar-refractivity contribution in [3.8, 4) is 0 Å². The van der Waals surface area contributed by atoms with Crippen LogP contribution in [-0.2, 0) is 10.7 Å². The van der Waals surface area contributed by atoms with Gasteiger partial charge in [0.25, 0.3) is 0 Å². The number of rotatable bonds is 1. The minimum absolute atomic E-state index is 0.237. The highest BCUT2D eigenvalue weighted by Crippen LogP contribution is 2.47. The van der Waals surface area contributed by atoms with E-state index in [1.807, 2.05) is 0 Å². The van der Waals surface area contributed by atoms with Crippen molar-refractivity contribution in [2.24, 2.45) is 0 Å². The molecular formula is C14H9F2NO. The predicted octanol–water partition coefficient (Wildman–Crippen LogP) is 3.46. The van der Waals surface area contributed by atoms with Crippen LogP contribution in [0, 0.1) is 0 Å². The zero-order chi connectivity index (χ0) is 12.8. The molecule has 0 N–H and O–H groups in total. The molecule has 0 atom stereocenters. The molecule has 1 heterocycles. The van der Waals surface area contributed by atoms with Gasteiger partial charge in [-0.25, -0.2) is 0 Å². The van der Waals surface area contributed by atoms with Gasteiger partial charge in [0.15, 0.2) is 0 Å². The van der Waals surface area contributed by atoms with Crippen LogP contribution in [-0.4, -0.2) is 5.91 Å². The van der Waals surface area contributed by atoms with Crippen LogP contribution in [0.4, 0.5) is 20.2 Å². The number of anilines is 2. The Labute approximate surface area is 102 Å². The van der Waals surface area contributed by atoms with E-state index in [0.717, 1.165) is 4.90 Å². The van der Waals surface area contributed by atoms with Gasteiger partial charge in [-0.15, -0.1) is 0 Å². The molecule has 0 unspecified atom stereocenters. The van der Waals surface area contributed by atoms with E-state index in [1.165, 1.54) is 18.2 Å². The maximum Gasteiger partial charge on any atom is 0.352 e. The number of para-hydroxylation sites is 2. The maximum atomic E-state index is 13.9. The second kappa shape index (κ2) is 3.63. The summed E-state index contributed by atoms with van der Waals surface area (Å²) in [5.41, 5.74) is 0.463. The third-order valence-corrected chi connectivity index (χ3v) is 2.97. The molecule has 3 rings (SSSR count). The number of carbonyl (C=O) groups is 1. The molecule has 0 bridgehead atoms. The molecule has 0 saturated heterocycles. The summed E-state index contributed by atoms with van der Waals surface area (Å²) in [4.78, 5) is 12.9. The standard InChI is InChI=1S/C14H9F2NO/c15-14(16)11-8-4-5-9-12(11)17(13(14)18)10-6-2-1-3-7-10/h1-9H. The largest absolute Gasteiger partial charge is 0.352 e. The highest BCUT2D eigenvalue weighted by molar-refractivity contribution is 6.10. The van der Waals surface area contributed by atoms with E-state index in [0.29, 0.717) is 5.69 Å². The third kappa shape index (κ3) is 1.35. The molecule has 0 aliphatic carbocycles. The molecule has 0 aromatic heterocycles. The van der Waals surface area contributed by atoms with Crippen molar-refractivity contribution in [1.29, 1.82) is 0 Å². The number of hydrogen-bond donors (Lipinski definition) is 0. The highest BCUT2D eigenvalue weighted by atomic mass is 19.3. The van der Waals surface area contributed by atoms with Crippen LogP contribution >= 0.6 is 0 Å². The molecule has 2 aromatic rings. The first-order valence-electron chi connectivity index (χ1n) is 5.49. The van der Waals surface area contributed by atoms with Gasteiger partial charge < -0.3 is 0 Å². The molecule has 4 heteroatoms. The monoisotopic (exact) mass is 245 g/mol. The van der Waals surface area contributed by atoms with E-state index in [1.54, 1.807) is 36.4 Å². The van der Waals surface area contributed by atoms with Crippen LogP contribution < -0.4 is 4.90 Å². The van der Waals surface area contributed by atoms with Crippen LogP contribution in [0.2, 0.25) is 0 Å². The average Bonchev–Trinajstić information content (AvgIpc) is 2.60. The number of benzene rings is 2. The van der Waals surface area contributed by atoms with Gasteiger partial charge >= 0.3 is 11.8 Å². The first kappa shape index (κ1) is 10.9. The fourth-order valence-electron chi connectivity index (χ4n) is 2.13. The zero-order valence-corrected chi connectivity index (χ0v) is 9.31. The molecule has 0 fully saturated rings. The number of nitrogens with zero attached hydrogens (tertiary/aromatic N) is 1. The van der Waals surface area contributed by atoms with Crippen LogP contribution in [0.5, 0.6) is 0 Å². The normalized spacial score (nSPS) is 16.8. The van der Waals surface area contributed by atoms with Gasteiger partial charge in [0.2, 0.25) is 0 Å². The Morgan fingerprint density at radius 2 is 1.50 bits per heavy atom. The number of alkyl halides is 2. The summed E-state index contributed by atoms with van der Waals surface area (Å²) in [5.74, 6) is -4.65. The Morgan fingerprint density at radius 3 is 2.22 bits per heavy atom. The first-order chi connectivity index (χ1) is 8.62. The molecule has 1 amide bonds. The van der Waals surface area contributed by atoms with Gasteiger partial charge in [0.1, 0.15) is 0 Å². The summed E-state index contributed by atoms with van der Waals surface area (Å²) < 4.78 is 27.8. The minimum atomic E-state index is -3.45. The lowest BCUT2D eigenvalue weighted by atomic mass is 10.1. The van der Waals surface area contributed by atoms with E-state index >= 15 is 0 Å². The van der Waals surface area contributed by atoms with Gasteiger partial charge in [-0.2, -0.15) is 8.78 Å². The van der Waals surface area contributed by atoms with Crippen LogP contribution in [0.25, 0.3) is 0 Å². The average molecular weight is 245 g/mol. The predicted molar refractivity (Wildman–Crippen MR) is 63.9 cm³/mol. The molecule has 0 saturated carbocycles. The van der Waals surface area contributed by atoms with Crippen LogP contribution in [0.3, 0.4) is 0 Å². The van der Waals surface area contributed by atoms with Gasteiger partial charge in [0.05, 0.1) is 11.3 Å². The van der Waals surface area contributed by atoms with Gasteiger partial charge in [-0.1, -0.05) is 36.4 Å². The molecule has 18 heavy (non-hydrogen) atoms. The molecule has 2 nitrogen and oxygen atoms in total. The van der Waals surface area contributed by atoms with E-state index < -0.39 is 11.8 Å². The van der Waals surface area contributed by atoms with E-state index in [-0.39, 0.29) is 11.3 Å². The summed E-state index contributed by atoms with van der Waals surface area (Å²) in [6.45, 7) is 0. The summed E-state index contributed by atoms with van der Waals surface area (Å²) in [7, 11) is 0. The van der Waals surface area contributed by atoms with E-state index in [2.05, 4.69) is 0 Å². The number of amides is 1. The van der Waals surface area contributed by atoms with Crippen molar-refractivity contribution in [2.75, 3.05) is 4.90 Å². The Bertz CT molecular complexity index is 610. The second-order valence-electron chi connectivity index (χ2n) is 4.07. The lowest BCUT2D eigenvalue weighted by Crippen LogP contribution is -2.31. The highest BCUT2D eigenvalue weighted by Gasteiger charge is 2.53. The van der Waals surface area contributed by atoms with Crippen molar-refractivity contribution in [2.45, 2.75) is 5.92 Å². The second-order valence-corrected chi connectivity index (χ2v) is 4.07. The summed E-state index contributed by atoms with van der Waals surface area (Å²) in [6.07, 6.45) is 0. The molecule has 1 aliphatic heterocycles. The van der Waals surface area contributed by atoms with Crippen molar-refractivity contribution in [1.82, 2.24) is 0 Å². The van der Waals surface area contributed by atoms with Crippen LogP contribution in [0.1, 0.15) is 5.56 Å². The summed E-state index contributed by atoms with van der Waals surface area (Å²) in [5, 5.41) is 0. The first-order valence-corrected chi connectivity index (χ1v) is 5.49. The molecule has 90 valence electrons. The van der Waals surface area contributed by atoms with Gasteiger partial charge in [-0.05, 0) is 18.2 Å². The number of carbonyl (C=O) groups excluding carboxylic acids is 1. The lowest BCUT2D eigenvalue weighted by Gasteiger charge is -2.17. The van der Waals surface area contributed by atoms with E-state index in [9.17, 15) is 13.6 Å². The zero-order valence-electron chi connectivity index (χ0n) is 9.31. The quantitative estimate of drug-likeness (QED) is 0.753. The Balaban J connectivity index is 2.21. The van der Waals surface area contributed by atoms with Crippen molar-refractivity contribution >= 4 is 17.3 Å². The topological polar surface area (TPSA) is 20.3 Å². The number of halogens is 2. The Kier molecular flexibility index (Phi) is 2.20. The van der Waals surface area contributed by atoms with Crippen molar-refractivity contribution in [3.05, 3.63) is 60.2 Å². The minimum Gasteiger partial charge on any atom is -0.275 e. The Morgan fingerprint density at radius 1 is 0.889 bits per heavy atom. The molecular weight excluding hydrogens is 236 g/mol. The summed E-state index contributed by atoms with van der Waals surface area (Å²) in [6, 6.07) is 14.4. The fourth-order valence-corrected chi connectivity index (χ4v) is 2.13. The SMILES string of the molecule is O=C1N(c2ccccc2)c2ccccc2C1(F)F. The number of hydrogen-bond acceptors (Lipinski definition) is 1.